The number of pyridine rings is 2. The molecule has 2 rings (SSSR count). The summed E-state index contributed by atoms with van der Waals surface area (Å²) >= 11 is 0. The van der Waals surface area contributed by atoms with Gasteiger partial charge in [-0.2, -0.15) is 4.39 Å². The molecule has 0 saturated carbocycles. The molecule has 0 aliphatic carbocycles. The molecular formula is C20H23FN4O2. The lowest BCUT2D eigenvalue weighted by Gasteiger charge is -2.05. The van der Waals surface area contributed by atoms with Crippen LogP contribution >= 0.6 is 0 Å². The molecule has 142 valence electrons. The maximum Gasteiger partial charge on any atom is 0.269 e. The fourth-order valence-corrected chi connectivity index (χ4v) is 2.36. The highest BCUT2D eigenvalue weighted by Gasteiger charge is 2.04. The van der Waals surface area contributed by atoms with Crippen LogP contribution in [0.2, 0.25) is 0 Å². The summed E-state index contributed by atoms with van der Waals surface area (Å²) in [4.78, 5) is 30.9. The third kappa shape index (κ3) is 8.22. The zero-order chi connectivity index (χ0) is 19.3. The van der Waals surface area contributed by atoms with Crippen LogP contribution in [0, 0.1) is 5.95 Å². The Bertz CT molecular complexity index is 766. The standard InChI is InChI=1S/C20H23FN4O2/c21-18-15-16(10-14-23-18)8-9-19(26)24-12-4-1-2-5-13-25-20(27)17-7-3-6-11-22-17/h3,6-11,14-15H,1-2,4-5,12-13H2,(H,24,26)(H,25,27). The number of hydrogen-bond acceptors (Lipinski definition) is 4. The van der Waals surface area contributed by atoms with Crippen molar-refractivity contribution in [3.63, 3.8) is 0 Å². The van der Waals surface area contributed by atoms with Crippen molar-refractivity contribution in [2.45, 2.75) is 25.7 Å². The minimum absolute atomic E-state index is 0.163. The fraction of sp³-hybridized carbons (Fsp3) is 0.300. The van der Waals surface area contributed by atoms with Crippen LogP contribution in [0.25, 0.3) is 6.08 Å². The number of unbranched alkanes of at least 4 members (excludes halogenated alkanes) is 3. The van der Waals surface area contributed by atoms with Crippen LogP contribution < -0.4 is 10.6 Å². The number of nitrogens with zero attached hydrogens (tertiary/aromatic N) is 2. The molecule has 2 aromatic heterocycles. The van der Waals surface area contributed by atoms with Gasteiger partial charge in [0.25, 0.3) is 5.91 Å². The van der Waals surface area contributed by atoms with E-state index in [1.807, 2.05) is 0 Å². The molecule has 0 aromatic carbocycles. The van der Waals surface area contributed by atoms with E-state index in [0.29, 0.717) is 24.3 Å². The summed E-state index contributed by atoms with van der Waals surface area (Å²) in [6, 6.07) is 8.11. The molecule has 0 aliphatic heterocycles. The molecule has 27 heavy (non-hydrogen) atoms. The van der Waals surface area contributed by atoms with Gasteiger partial charge in [-0.25, -0.2) is 4.98 Å². The lowest BCUT2D eigenvalue weighted by molar-refractivity contribution is -0.116. The van der Waals surface area contributed by atoms with E-state index in [1.165, 1.54) is 18.3 Å². The summed E-state index contributed by atoms with van der Waals surface area (Å²) in [5, 5.41) is 5.62. The highest BCUT2D eigenvalue weighted by molar-refractivity contribution is 5.92. The first-order chi connectivity index (χ1) is 13.1. The Morgan fingerprint density at radius 2 is 1.74 bits per heavy atom. The summed E-state index contributed by atoms with van der Waals surface area (Å²) in [7, 11) is 0. The molecule has 0 spiro atoms. The zero-order valence-electron chi connectivity index (χ0n) is 15.0. The number of carbonyl (C=O) groups excluding carboxylic acids is 2. The Kier molecular flexibility index (Phi) is 8.62. The lowest BCUT2D eigenvalue weighted by atomic mass is 10.2. The van der Waals surface area contributed by atoms with Gasteiger partial charge in [-0.1, -0.05) is 18.9 Å². The number of carbonyl (C=O) groups is 2. The van der Waals surface area contributed by atoms with E-state index < -0.39 is 5.95 Å². The van der Waals surface area contributed by atoms with Crippen LogP contribution in [-0.4, -0.2) is 34.9 Å². The highest BCUT2D eigenvalue weighted by Crippen LogP contribution is 2.03. The van der Waals surface area contributed by atoms with Gasteiger partial charge in [0, 0.05) is 37.6 Å². The van der Waals surface area contributed by atoms with Crippen LogP contribution in [0.1, 0.15) is 41.7 Å². The Morgan fingerprint density at radius 3 is 2.44 bits per heavy atom. The molecule has 2 N–H and O–H groups in total. The van der Waals surface area contributed by atoms with E-state index in [9.17, 15) is 14.0 Å². The molecule has 0 aliphatic rings. The normalized spacial score (nSPS) is 10.7. The maximum atomic E-state index is 12.9. The Labute approximate surface area is 157 Å². The second-order valence-corrected chi connectivity index (χ2v) is 5.92. The van der Waals surface area contributed by atoms with Gasteiger partial charge in [0.15, 0.2) is 0 Å². The smallest absolute Gasteiger partial charge is 0.269 e. The maximum absolute atomic E-state index is 12.9. The van der Waals surface area contributed by atoms with Gasteiger partial charge in [-0.05, 0) is 42.7 Å². The first-order valence-corrected chi connectivity index (χ1v) is 8.92. The number of amides is 2. The Balaban J connectivity index is 1.49. The average Bonchev–Trinajstić information content (AvgIpc) is 2.69. The van der Waals surface area contributed by atoms with Gasteiger partial charge in [-0.3, -0.25) is 14.6 Å². The minimum atomic E-state index is -0.575. The molecule has 0 saturated heterocycles. The molecule has 0 atom stereocenters. The Hall–Kier alpha value is -3.09. The summed E-state index contributed by atoms with van der Waals surface area (Å²) in [6.45, 7) is 1.18. The monoisotopic (exact) mass is 370 g/mol. The number of aromatic nitrogens is 2. The predicted octanol–water partition coefficient (Wildman–Crippen LogP) is 2.74. The SMILES string of the molecule is O=C(C=Cc1ccnc(F)c1)NCCCCCCNC(=O)c1ccccn1. The second kappa shape index (κ2) is 11.5. The van der Waals surface area contributed by atoms with Crippen molar-refractivity contribution in [1.29, 1.82) is 0 Å². The van der Waals surface area contributed by atoms with E-state index in [1.54, 1.807) is 36.5 Å². The molecule has 2 heterocycles. The molecular weight excluding hydrogens is 347 g/mol. The van der Waals surface area contributed by atoms with Gasteiger partial charge < -0.3 is 10.6 Å². The summed E-state index contributed by atoms with van der Waals surface area (Å²) in [5.74, 6) is -0.952. The summed E-state index contributed by atoms with van der Waals surface area (Å²) in [6.07, 6.45) is 9.52. The van der Waals surface area contributed by atoms with E-state index in [2.05, 4.69) is 20.6 Å². The Morgan fingerprint density at radius 1 is 0.963 bits per heavy atom. The number of hydrogen-bond donors (Lipinski definition) is 2. The van der Waals surface area contributed by atoms with Crippen LogP contribution in [0.5, 0.6) is 0 Å². The number of nitrogens with one attached hydrogen (secondary N) is 2. The van der Waals surface area contributed by atoms with Crippen molar-refractivity contribution >= 4 is 17.9 Å². The van der Waals surface area contributed by atoms with E-state index in [0.717, 1.165) is 25.7 Å². The highest BCUT2D eigenvalue weighted by atomic mass is 19.1. The van der Waals surface area contributed by atoms with Crippen molar-refractivity contribution in [1.82, 2.24) is 20.6 Å². The van der Waals surface area contributed by atoms with Gasteiger partial charge >= 0.3 is 0 Å². The molecule has 0 bridgehead atoms. The quantitative estimate of drug-likeness (QED) is 0.383. The third-order valence-electron chi connectivity index (χ3n) is 3.76. The van der Waals surface area contributed by atoms with Crippen LogP contribution in [-0.2, 0) is 4.79 Å². The van der Waals surface area contributed by atoms with E-state index >= 15 is 0 Å². The molecule has 0 fully saturated rings. The first-order valence-electron chi connectivity index (χ1n) is 8.92. The van der Waals surface area contributed by atoms with Gasteiger partial charge in [0.1, 0.15) is 5.69 Å². The van der Waals surface area contributed by atoms with E-state index in [-0.39, 0.29) is 11.8 Å². The van der Waals surface area contributed by atoms with Gasteiger partial charge in [0.2, 0.25) is 11.9 Å². The molecule has 0 unspecified atom stereocenters. The third-order valence-corrected chi connectivity index (χ3v) is 3.76. The molecule has 2 amide bonds. The number of rotatable bonds is 10. The van der Waals surface area contributed by atoms with Crippen molar-refractivity contribution in [3.8, 4) is 0 Å². The van der Waals surface area contributed by atoms with Crippen molar-refractivity contribution < 1.29 is 14.0 Å². The average molecular weight is 370 g/mol. The molecule has 0 radical (unpaired) electrons. The van der Waals surface area contributed by atoms with Crippen LogP contribution in [0.4, 0.5) is 4.39 Å². The van der Waals surface area contributed by atoms with Gasteiger partial charge in [-0.15, -0.1) is 0 Å². The summed E-state index contributed by atoms with van der Waals surface area (Å²) in [5.41, 5.74) is 1.01. The molecule has 6 nitrogen and oxygen atoms in total. The summed E-state index contributed by atoms with van der Waals surface area (Å²) < 4.78 is 12.9. The second-order valence-electron chi connectivity index (χ2n) is 5.92. The zero-order valence-corrected chi connectivity index (χ0v) is 15.0. The topological polar surface area (TPSA) is 84.0 Å². The molecule has 7 heteroatoms. The first kappa shape index (κ1) is 20.2. The van der Waals surface area contributed by atoms with Crippen molar-refractivity contribution in [2.75, 3.05) is 13.1 Å². The number of halogens is 1. The largest absolute Gasteiger partial charge is 0.353 e. The lowest BCUT2D eigenvalue weighted by Crippen LogP contribution is -2.25. The van der Waals surface area contributed by atoms with Crippen molar-refractivity contribution in [3.05, 3.63) is 66.0 Å². The predicted molar refractivity (Wildman–Crippen MR) is 101 cm³/mol. The van der Waals surface area contributed by atoms with Gasteiger partial charge in [0.05, 0.1) is 0 Å². The van der Waals surface area contributed by atoms with Crippen molar-refractivity contribution in [2.24, 2.45) is 0 Å². The minimum Gasteiger partial charge on any atom is -0.353 e. The fourth-order valence-electron chi connectivity index (χ4n) is 2.36. The van der Waals surface area contributed by atoms with E-state index in [4.69, 9.17) is 0 Å². The molecule has 2 aromatic rings. The van der Waals surface area contributed by atoms with Crippen LogP contribution in [0.3, 0.4) is 0 Å². The van der Waals surface area contributed by atoms with Crippen LogP contribution in [0.15, 0.2) is 48.8 Å².